The molecule has 180 valence electrons. The highest BCUT2D eigenvalue weighted by Gasteiger charge is 2.18. The molecule has 1 unspecified atom stereocenters. The second-order valence-electron chi connectivity index (χ2n) is 7.87. The molecular weight excluding hydrogens is 434 g/mol. The van der Waals surface area contributed by atoms with E-state index in [-0.39, 0.29) is 30.8 Å². The van der Waals surface area contributed by atoms with Crippen LogP contribution in [0.5, 0.6) is 17.2 Å². The summed E-state index contributed by atoms with van der Waals surface area (Å²) in [6.45, 7) is 4.19. The number of rotatable bonds is 10. The van der Waals surface area contributed by atoms with E-state index in [1.54, 1.807) is 39.5 Å². The topological polar surface area (TPSA) is 98.8 Å². The third-order valence-electron chi connectivity index (χ3n) is 5.58. The number of nitrogens with one attached hydrogen (secondary N) is 2. The van der Waals surface area contributed by atoms with E-state index < -0.39 is 0 Å². The van der Waals surface area contributed by atoms with Gasteiger partial charge in [-0.25, -0.2) is 4.98 Å². The molecule has 1 aromatic heterocycles. The van der Waals surface area contributed by atoms with Crippen LogP contribution in [0, 0.1) is 0 Å². The number of carbonyl (C=O) groups is 2. The molecule has 0 spiro atoms. The molecule has 0 bridgehead atoms. The predicted octanol–water partition coefficient (Wildman–Crippen LogP) is 3.96. The van der Waals surface area contributed by atoms with E-state index >= 15 is 0 Å². The maximum atomic E-state index is 13.1. The molecule has 2 aromatic carbocycles. The number of ether oxygens (including phenoxy) is 3. The van der Waals surface area contributed by atoms with Gasteiger partial charge in [0.25, 0.3) is 5.91 Å². The van der Waals surface area contributed by atoms with Gasteiger partial charge < -0.3 is 24.8 Å². The number of methoxy groups -OCH3 is 3. The van der Waals surface area contributed by atoms with Gasteiger partial charge in [-0.05, 0) is 37.6 Å². The van der Waals surface area contributed by atoms with Crippen LogP contribution in [0.15, 0.2) is 42.5 Å². The minimum atomic E-state index is -0.274. The summed E-state index contributed by atoms with van der Waals surface area (Å²) in [5, 5.41) is 6.48. The van der Waals surface area contributed by atoms with Crippen molar-refractivity contribution in [3.63, 3.8) is 0 Å². The molecule has 0 saturated carbocycles. The van der Waals surface area contributed by atoms with Gasteiger partial charge in [-0.15, -0.1) is 0 Å². The van der Waals surface area contributed by atoms with Crippen molar-refractivity contribution >= 4 is 22.7 Å². The Hall–Kier alpha value is -3.81. The second-order valence-corrected chi connectivity index (χ2v) is 7.87. The molecular formula is C26H31N3O5. The monoisotopic (exact) mass is 465 g/mol. The van der Waals surface area contributed by atoms with Crippen LogP contribution < -0.4 is 24.8 Å². The maximum Gasteiger partial charge on any atom is 0.252 e. The van der Waals surface area contributed by atoms with E-state index in [9.17, 15) is 9.59 Å². The molecule has 2 N–H and O–H groups in total. The lowest BCUT2D eigenvalue weighted by Crippen LogP contribution is -2.35. The zero-order valence-electron chi connectivity index (χ0n) is 20.2. The number of hydrogen-bond donors (Lipinski definition) is 2. The number of amides is 2. The van der Waals surface area contributed by atoms with Crippen LogP contribution in [0.1, 0.15) is 37.0 Å². The van der Waals surface area contributed by atoms with Crippen LogP contribution in [0.2, 0.25) is 0 Å². The molecule has 1 atom stereocenters. The molecule has 0 fully saturated rings. The molecule has 34 heavy (non-hydrogen) atoms. The minimum absolute atomic E-state index is 0.0904. The highest BCUT2D eigenvalue weighted by Crippen LogP contribution is 2.41. The van der Waals surface area contributed by atoms with Gasteiger partial charge in [0.2, 0.25) is 11.7 Å². The zero-order valence-corrected chi connectivity index (χ0v) is 20.2. The molecule has 0 aliphatic rings. The Balaban J connectivity index is 1.94. The van der Waals surface area contributed by atoms with E-state index in [0.29, 0.717) is 39.6 Å². The Kier molecular flexibility index (Phi) is 8.29. The van der Waals surface area contributed by atoms with E-state index in [1.165, 1.54) is 0 Å². The summed E-state index contributed by atoms with van der Waals surface area (Å²) in [7, 11) is 4.64. The van der Waals surface area contributed by atoms with Crippen LogP contribution in [-0.4, -0.2) is 50.7 Å². The summed E-state index contributed by atoms with van der Waals surface area (Å²) in [6.07, 6.45) is 1.06. The predicted molar refractivity (Wildman–Crippen MR) is 132 cm³/mol. The largest absolute Gasteiger partial charge is 0.493 e. The molecule has 0 aliphatic heterocycles. The van der Waals surface area contributed by atoms with Gasteiger partial charge >= 0.3 is 0 Å². The Morgan fingerprint density at radius 1 is 1.00 bits per heavy atom. The fourth-order valence-corrected chi connectivity index (χ4v) is 3.57. The Bertz CT molecular complexity index is 1150. The molecule has 1 heterocycles. The first-order valence-corrected chi connectivity index (χ1v) is 11.2. The summed E-state index contributed by atoms with van der Waals surface area (Å²) < 4.78 is 16.3. The number of para-hydroxylation sites is 1. The number of benzene rings is 2. The number of aromatic nitrogens is 1. The van der Waals surface area contributed by atoms with Crippen molar-refractivity contribution in [3.05, 3.63) is 48.0 Å². The third kappa shape index (κ3) is 5.57. The Labute approximate surface area is 199 Å². The first kappa shape index (κ1) is 24.8. The van der Waals surface area contributed by atoms with Crippen LogP contribution in [-0.2, 0) is 4.79 Å². The van der Waals surface area contributed by atoms with Crippen molar-refractivity contribution in [1.82, 2.24) is 15.6 Å². The van der Waals surface area contributed by atoms with E-state index in [0.717, 1.165) is 11.8 Å². The first-order valence-electron chi connectivity index (χ1n) is 11.2. The quantitative estimate of drug-likeness (QED) is 0.470. The van der Waals surface area contributed by atoms with E-state index in [1.807, 2.05) is 38.1 Å². The number of fused-ring (bicyclic) bond motifs is 1. The highest BCUT2D eigenvalue weighted by atomic mass is 16.5. The molecule has 2 amide bonds. The highest BCUT2D eigenvalue weighted by molar-refractivity contribution is 6.07. The van der Waals surface area contributed by atoms with Crippen LogP contribution in [0.25, 0.3) is 22.2 Å². The third-order valence-corrected chi connectivity index (χ3v) is 5.58. The average Bonchev–Trinajstić information content (AvgIpc) is 2.86. The van der Waals surface area contributed by atoms with Gasteiger partial charge in [-0.1, -0.05) is 25.1 Å². The summed E-state index contributed by atoms with van der Waals surface area (Å²) in [5.74, 6) is 1.09. The standard InChI is InChI=1S/C26H31N3O5/c1-6-16(2)28-24(30)11-12-27-26(31)19-15-21(29-20-10-8-7-9-18(19)20)17-13-22(32-3)25(34-5)23(14-17)33-4/h7-10,13-16H,6,11-12H2,1-5H3,(H,27,31)(H,28,30). The lowest BCUT2D eigenvalue weighted by atomic mass is 10.0. The molecule has 0 radical (unpaired) electrons. The zero-order chi connectivity index (χ0) is 24.7. The summed E-state index contributed by atoms with van der Waals surface area (Å²) in [5.41, 5.74) is 2.44. The summed E-state index contributed by atoms with van der Waals surface area (Å²) in [6, 6.07) is 12.9. The van der Waals surface area contributed by atoms with Gasteiger partial charge in [-0.3, -0.25) is 9.59 Å². The number of hydrogen-bond acceptors (Lipinski definition) is 6. The maximum absolute atomic E-state index is 13.1. The molecule has 0 saturated heterocycles. The van der Waals surface area contributed by atoms with Crippen molar-refractivity contribution < 1.29 is 23.8 Å². The van der Waals surface area contributed by atoms with Crippen LogP contribution in [0.4, 0.5) is 0 Å². The molecule has 3 rings (SSSR count). The number of pyridine rings is 1. The number of carbonyl (C=O) groups excluding carboxylic acids is 2. The van der Waals surface area contributed by atoms with Crippen molar-refractivity contribution in [1.29, 1.82) is 0 Å². The van der Waals surface area contributed by atoms with Crippen molar-refractivity contribution in [2.45, 2.75) is 32.7 Å². The Morgan fingerprint density at radius 3 is 2.29 bits per heavy atom. The van der Waals surface area contributed by atoms with Gasteiger partial charge in [0.15, 0.2) is 11.5 Å². The minimum Gasteiger partial charge on any atom is -0.493 e. The lowest BCUT2D eigenvalue weighted by Gasteiger charge is -2.15. The van der Waals surface area contributed by atoms with Gasteiger partial charge in [-0.2, -0.15) is 0 Å². The van der Waals surface area contributed by atoms with Gasteiger partial charge in [0.1, 0.15) is 0 Å². The van der Waals surface area contributed by atoms with Crippen molar-refractivity contribution in [2.24, 2.45) is 0 Å². The Morgan fingerprint density at radius 2 is 1.68 bits per heavy atom. The van der Waals surface area contributed by atoms with Crippen molar-refractivity contribution in [3.8, 4) is 28.5 Å². The average molecular weight is 466 g/mol. The van der Waals surface area contributed by atoms with E-state index in [2.05, 4.69) is 10.6 Å². The van der Waals surface area contributed by atoms with Crippen LogP contribution >= 0.6 is 0 Å². The fourth-order valence-electron chi connectivity index (χ4n) is 3.57. The second kappa shape index (κ2) is 11.4. The number of nitrogens with zero attached hydrogens (tertiary/aromatic N) is 1. The molecule has 8 heteroatoms. The smallest absolute Gasteiger partial charge is 0.252 e. The van der Waals surface area contributed by atoms with Gasteiger partial charge in [0.05, 0.1) is 38.1 Å². The summed E-state index contributed by atoms with van der Waals surface area (Å²) in [4.78, 5) is 29.9. The molecule has 0 aliphatic carbocycles. The van der Waals surface area contributed by atoms with E-state index in [4.69, 9.17) is 19.2 Å². The summed E-state index contributed by atoms with van der Waals surface area (Å²) >= 11 is 0. The lowest BCUT2D eigenvalue weighted by molar-refractivity contribution is -0.121. The SMILES string of the molecule is CCC(C)NC(=O)CCNC(=O)c1cc(-c2cc(OC)c(OC)c(OC)c2)nc2ccccc12. The van der Waals surface area contributed by atoms with Crippen molar-refractivity contribution in [2.75, 3.05) is 27.9 Å². The first-order chi connectivity index (χ1) is 16.4. The molecule has 8 nitrogen and oxygen atoms in total. The normalized spacial score (nSPS) is 11.6. The fraction of sp³-hybridized carbons (Fsp3) is 0.346. The van der Waals surface area contributed by atoms with Gasteiger partial charge in [0, 0.05) is 30.0 Å². The molecule has 3 aromatic rings. The van der Waals surface area contributed by atoms with Crippen LogP contribution in [0.3, 0.4) is 0 Å².